The van der Waals surface area contributed by atoms with Crippen molar-refractivity contribution in [2.24, 2.45) is 0 Å². The smallest absolute Gasteiger partial charge is 0.0825 e. The van der Waals surface area contributed by atoms with E-state index in [-0.39, 0.29) is 0 Å². The van der Waals surface area contributed by atoms with Crippen molar-refractivity contribution in [2.45, 2.75) is 33.4 Å². The number of hydrogen-bond donors (Lipinski definition) is 1. The van der Waals surface area contributed by atoms with E-state index in [1.54, 1.807) is 6.07 Å². The Morgan fingerprint density at radius 2 is 1.84 bits per heavy atom. The molecule has 0 radical (unpaired) electrons. The molecule has 0 saturated heterocycles. The fraction of sp³-hybridized carbons (Fsp3) is 0.357. The Kier molecular flexibility index (Phi) is 4.38. The third-order valence-electron chi connectivity index (χ3n) is 2.85. The van der Waals surface area contributed by atoms with Gasteiger partial charge in [-0.2, -0.15) is 5.10 Å². The Bertz CT molecular complexity index is 556. The quantitative estimate of drug-likeness (QED) is 0.887. The SMILES string of the molecule is Cc1nn(C(C)C)cc1NCc1cc(Cl)cc(Cl)c1. The summed E-state index contributed by atoms with van der Waals surface area (Å²) in [5.74, 6) is 0. The summed E-state index contributed by atoms with van der Waals surface area (Å²) >= 11 is 12.0. The number of halogens is 2. The van der Waals surface area contributed by atoms with Gasteiger partial charge in [-0.3, -0.25) is 4.68 Å². The number of nitrogens with one attached hydrogen (secondary N) is 1. The van der Waals surface area contributed by atoms with Gasteiger partial charge in [-0.25, -0.2) is 0 Å². The summed E-state index contributed by atoms with van der Waals surface area (Å²) in [5, 5.41) is 9.12. The molecule has 0 atom stereocenters. The van der Waals surface area contributed by atoms with Gasteiger partial charge in [0.2, 0.25) is 0 Å². The summed E-state index contributed by atoms with van der Waals surface area (Å²) in [6.07, 6.45) is 2.02. The first kappa shape index (κ1) is 14.2. The standard InChI is InChI=1S/C14H17Cl2N3/c1-9(2)19-8-14(10(3)18-19)17-7-11-4-12(15)6-13(16)5-11/h4-6,8-9,17H,7H2,1-3H3. The highest BCUT2D eigenvalue weighted by molar-refractivity contribution is 6.34. The van der Waals surface area contributed by atoms with Gasteiger partial charge in [-0.05, 0) is 44.5 Å². The molecule has 0 aliphatic rings. The molecule has 2 aromatic rings. The predicted octanol–water partition coefficient (Wildman–Crippen LogP) is 4.69. The zero-order chi connectivity index (χ0) is 14.0. The summed E-state index contributed by atoms with van der Waals surface area (Å²) in [5.41, 5.74) is 3.07. The molecule has 0 bridgehead atoms. The number of aryl methyl sites for hydroxylation is 1. The molecule has 5 heteroatoms. The maximum Gasteiger partial charge on any atom is 0.0825 e. The lowest BCUT2D eigenvalue weighted by atomic mass is 10.2. The normalized spacial score (nSPS) is 11.1. The summed E-state index contributed by atoms with van der Waals surface area (Å²) in [4.78, 5) is 0. The van der Waals surface area contributed by atoms with Crippen LogP contribution in [0.3, 0.4) is 0 Å². The Labute approximate surface area is 123 Å². The summed E-state index contributed by atoms with van der Waals surface area (Å²) in [7, 11) is 0. The fourth-order valence-corrected chi connectivity index (χ4v) is 2.40. The highest BCUT2D eigenvalue weighted by Gasteiger charge is 2.07. The number of rotatable bonds is 4. The Hall–Kier alpha value is -1.19. The highest BCUT2D eigenvalue weighted by Crippen LogP contribution is 2.21. The Morgan fingerprint density at radius 1 is 1.21 bits per heavy atom. The summed E-state index contributed by atoms with van der Waals surface area (Å²) < 4.78 is 1.95. The third kappa shape index (κ3) is 3.64. The fourth-order valence-electron chi connectivity index (χ4n) is 1.83. The van der Waals surface area contributed by atoms with Crippen molar-refractivity contribution in [1.82, 2.24) is 9.78 Å². The molecule has 0 aliphatic carbocycles. The molecule has 0 aliphatic heterocycles. The topological polar surface area (TPSA) is 29.9 Å². The van der Waals surface area contributed by atoms with Crippen LogP contribution in [0.4, 0.5) is 5.69 Å². The monoisotopic (exact) mass is 297 g/mol. The van der Waals surface area contributed by atoms with E-state index in [9.17, 15) is 0 Å². The van der Waals surface area contributed by atoms with Gasteiger partial charge in [0.15, 0.2) is 0 Å². The van der Waals surface area contributed by atoms with Gasteiger partial charge >= 0.3 is 0 Å². The molecule has 0 spiro atoms. The van der Waals surface area contributed by atoms with E-state index in [0.717, 1.165) is 16.9 Å². The predicted molar refractivity (Wildman–Crippen MR) is 81.1 cm³/mol. The Morgan fingerprint density at radius 3 is 2.37 bits per heavy atom. The van der Waals surface area contributed by atoms with Gasteiger partial charge in [0, 0.05) is 28.8 Å². The van der Waals surface area contributed by atoms with Gasteiger partial charge in [-0.1, -0.05) is 23.2 Å². The number of anilines is 1. The molecule has 1 aromatic heterocycles. The van der Waals surface area contributed by atoms with Crippen molar-refractivity contribution in [3.05, 3.63) is 45.7 Å². The zero-order valence-corrected chi connectivity index (χ0v) is 12.8. The first-order valence-corrected chi connectivity index (χ1v) is 6.96. The van der Waals surface area contributed by atoms with Gasteiger partial charge in [0.1, 0.15) is 0 Å². The van der Waals surface area contributed by atoms with E-state index in [4.69, 9.17) is 23.2 Å². The number of hydrogen-bond acceptors (Lipinski definition) is 2. The minimum Gasteiger partial charge on any atom is -0.378 e. The largest absolute Gasteiger partial charge is 0.378 e. The van der Waals surface area contributed by atoms with Crippen molar-refractivity contribution >= 4 is 28.9 Å². The average molecular weight is 298 g/mol. The first-order chi connectivity index (χ1) is 8.95. The lowest BCUT2D eigenvalue weighted by Gasteiger charge is -2.06. The van der Waals surface area contributed by atoms with Crippen molar-refractivity contribution in [3.63, 3.8) is 0 Å². The molecular formula is C14H17Cl2N3. The molecule has 0 unspecified atom stereocenters. The minimum atomic E-state index is 0.356. The van der Waals surface area contributed by atoms with E-state index in [0.29, 0.717) is 22.6 Å². The summed E-state index contributed by atoms with van der Waals surface area (Å²) in [6, 6.07) is 5.90. The maximum atomic E-state index is 5.98. The van der Waals surface area contributed by atoms with Crippen LogP contribution >= 0.6 is 23.2 Å². The van der Waals surface area contributed by atoms with Crippen LogP contribution in [-0.4, -0.2) is 9.78 Å². The van der Waals surface area contributed by atoms with Crippen molar-refractivity contribution in [3.8, 4) is 0 Å². The van der Waals surface area contributed by atoms with Gasteiger partial charge in [0.05, 0.1) is 11.4 Å². The molecule has 1 N–H and O–H groups in total. The first-order valence-electron chi connectivity index (χ1n) is 6.20. The second kappa shape index (κ2) is 5.85. The van der Waals surface area contributed by atoms with E-state index in [1.807, 2.05) is 29.9 Å². The lowest BCUT2D eigenvalue weighted by molar-refractivity contribution is 0.529. The van der Waals surface area contributed by atoms with E-state index < -0.39 is 0 Å². The number of nitrogens with zero attached hydrogens (tertiary/aromatic N) is 2. The second-order valence-corrected chi connectivity index (χ2v) is 5.71. The van der Waals surface area contributed by atoms with Crippen LogP contribution in [-0.2, 0) is 6.54 Å². The van der Waals surface area contributed by atoms with Crippen LogP contribution in [0, 0.1) is 6.92 Å². The van der Waals surface area contributed by atoms with Crippen molar-refractivity contribution in [1.29, 1.82) is 0 Å². The second-order valence-electron chi connectivity index (χ2n) is 4.83. The highest BCUT2D eigenvalue weighted by atomic mass is 35.5. The molecule has 0 amide bonds. The van der Waals surface area contributed by atoms with E-state index in [1.165, 1.54) is 0 Å². The van der Waals surface area contributed by atoms with Crippen LogP contribution < -0.4 is 5.32 Å². The van der Waals surface area contributed by atoms with Crippen molar-refractivity contribution in [2.75, 3.05) is 5.32 Å². The molecule has 0 fully saturated rings. The van der Waals surface area contributed by atoms with Gasteiger partial charge < -0.3 is 5.32 Å². The zero-order valence-electron chi connectivity index (χ0n) is 11.2. The maximum absolute atomic E-state index is 5.98. The number of benzene rings is 1. The molecule has 2 rings (SSSR count). The van der Waals surface area contributed by atoms with Gasteiger partial charge in [-0.15, -0.1) is 0 Å². The van der Waals surface area contributed by atoms with Crippen LogP contribution in [0.15, 0.2) is 24.4 Å². The average Bonchev–Trinajstić information content (AvgIpc) is 2.67. The Balaban J connectivity index is 2.10. The molecular weight excluding hydrogens is 281 g/mol. The molecule has 1 aromatic carbocycles. The van der Waals surface area contributed by atoms with Crippen molar-refractivity contribution < 1.29 is 0 Å². The molecule has 1 heterocycles. The van der Waals surface area contributed by atoms with Crippen LogP contribution in [0.2, 0.25) is 10.0 Å². The molecule has 102 valence electrons. The minimum absolute atomic E-state index is 0.356. The van der Waals surface area contributed by atoms with Gasteiger partial charge in [0.25, 0.3) is 0 Å². The summed E-state index contributed by atoms with van der Waals surface area (Å²) in [6.45, 7) is 6.87. The molecule has 3 nitrogen and oxygen atoms in total. The van der Waals surface area contributed by atoms with Crippen LogP contribution in [0.1, 0.15) is 31.1 Å². The number of aromatic nitrogens is 2. The third-order valence-corrected chi connectivity index (χ3v) is 3.29. The van der Waals surface area contributed by atoms with Crippen LogP contribution in [0.25, 0.3) is 0 Å². The lowest BCUT2D eigenvalue weighted by Crippen LogP contribution is -2.01. The molecule has 19 heavy (non-hydrogen) atoms. The van der Waals surface area contributed by atoms with Crippen LogP contribution in [0.5, 0.6) is 0 Å². The molecule has 0 saturated carbocycles. The van der Waals surface area contributed by atoms with E-state index >= 15 is 0 Å². The van der Waals surface area contributed by atoms with E-state index in [2.05, 4.69) is 24.3 Å².